The van der Waals surface area contributed by atoms with Gasteiger partial charge in [0, 0.05) is 61.1 Å². The number of ether oxygens (including phenoxy) is 1. The number of para-hydroxylation sites is 1. The average Bonchev–Trinajstić information content (AvgIpc) is 3.19. The van der Waals surface area contributed by atoms with Crippen molar-refractivity contribution in [2.24, 2.45) is 7.05 Å². The fourth-order valence-electron chi connectivity index (χ4n) is 4.26. The zero-order valence-electron chi connectivity index (χ0n) is 20.5. The molecule has 182 valence electrons. The number of methoxy groups -OCH3 is 1. The number of anilines is 3. The normalized spacial score (nSPS) is 11.1. The molecule has 0 unspecified atom stereocenters. The van der Waals surface area contributed by atoms with E-state index in [1.807, 2.05) is 50.4 Å². The molecule has 0 atom stereocenters. The third-order valence-electron chi connectivity index (χ3n) is 5.89. The lowest BCUT2D eigenvalue weighted by Crippen LogP contribution is -2.17. The van der Waals surface area contributed by atoms with Gasteiger partial charge in [-0.05, 0) is 32.6 Å². The lowest BCUT2D eigenvalue weighted by molar-refractivity contribution is -0.383. The number of nitrogens with zero attached hydrogens (tertiary/aromatic N) is 5. The summed E-state index contributed by atoms with van der Waals surface area (Å²) in [5.41, 5.74) is 4.35. The van der Waals surface area contributed by atoms with Crippen molar-refractivity contribution in [1.82, 2.24) is 19.4 Å². The largest absolute Gasteiger partial charge is 0.494 e. The molecule has 0 amide bonds. The molecule has 10 heteroatoms. The van der Waals surface area contributed by atoms with Gasteiger partial charge in [-0.1, -0.05) is 18.2 Å². The summed E-state index contributed by atoms with van der Waals surface area (Å²) in [4.78, 5) is 22.6. The molecule has 35 heavy (non-hydrogen) atoms. The second-order valence-electron chi connectivity index (χ2n) is 8.45. The molecule has 0 aliphatic rings. The molecule has 0 saturated heterocycles. The maximum Gasteiger partial charge on any atom is 0.294 e. The van der Waals surface area contributed by atoms with Crippen LogP contribution in [0.1, 0.15) is 5.56 Å². The van der Waals surface area contributed by atoms with Gasteiger partial charge in [-0.15, -0.1) is 0 Å². The average molecular weight is 476 g/mol. The van der Waals surface area contributed by atoms with Crippen molar-refractivity contribution in [2.45, 2.75) is 6.42 Å². The Kier molecular flexibility index (Phi) is 6.83. The van der Waals surface area contributed by atoms with Gasteiger partial charge in [0.2, 0.25) is 5.95 Å². The summed E-state index contributed by atoms with van der Waals surface area (Å²) < 4.78 is 7.79. The van der Waals surface area contributed by atoms with Crippen LogP contribution >= 0.6 is 0 Å². The highest BCUT2D eigenvalue weighted by molar-refractivity contribution is 5.95. The van der Waals surface area contributed by atoms with Crippen LogP contribution in [0.3, 0.4) is 0 Å². The predicted octanol–water partition coefficient (Wildman–Crippen LogP) is 4.44. The first-order valence-corrected chi connectivity index (χ1v) is 11.2. The number of hydrogen-bond acceptors (Lipinski definition) is 8. The summed E-state index contributed by atoms with van der Waals surface area (Å²) in [6.07, 6.45) is 4.26. The highest BCUT2D eigenvalue weighted by Crippen LogP contribution is 2.42. The summed E-state index contributed by atoms with van der Waals surface area (Å²) in [6, 6.07) is 11.4. The number of benzene rings is 2. The Hall–Kier alpha value is -4.18. The quantitative estimate of drug-likeness (QED) is 0.270. The van der Waals surface area contributed by atoms with Gasteiger partial charge < -0.3 is 24.8 Å². The Morgan fingerprint density at radius 2 is 2.00 bits per heavy atom. The predicted molar refractivity (Wildman–Crippen MR) is 139 cm³/mol. The minimum Gasteiger partial charge on any atom is -0.494 e. The van der Waals surface area contributed by atoms with Gasteiger partial charge in [0.1, 0.15) is 11.4 Å². The van der Waals surface area contributed by atoms with Gasteiger partial charge in [0.25, 0.3) is 5.69 Å². The number of nitrogens with one attached hydrogen (secondary N) is 2. The number of hydrogen-bond donors (Lipinski definition) is 2. The van der Waals surface area contributed by atoms with Gasteiger partial charge in [-0.3, -0.25) is 10.1 Å². The number of rotatable bonds is 9. The van der Waals surface area contributed by atoms with E-state index in [-0.39, 0.29) is 5.69 Å². The van der Waals surface area contributed by atoms with Crippen LogP contribution in [0.5, 0.6) is 5.75 Å². The summed E-state index contributed by atoms with van der Waals surface area (Å²) >= 11 is 0. The number of nitro benzene ring substituents is 1. The van der Waals surface area contributed by atoms with Crippen molar-refractivity contribution in [3.8, 4) is 17.0 Å². The Morgan fingerprint density at radius 1 is 1.23 bits per heavy atom. The first-order chi connectivity index (χ1) is 16.8. The minimum atomic E-state index is -0.400. The maximum atomic E-state index is 11.9. The van der Waals surface area contributed by atoms with E-state index in [4.69, 9.17) is 9.72 Å². The molecule has 4 aromatic rings. The summed E-state index contributed by atoms with van der Waals surface area (Å²) in [7, 11) is 9.13. The van der Waals surface area contributed by atoms with Crippen LogP contribution in [0.4, 0.5) is 23.0 Å². The first-order valence-electron chi connectivity index (χ1n) is 11.2. The zero-order valence-corrected chi connectivity index (χ0v) is 20.5. The minimum absolute atomic E-state index is 0.0465. The molecule has 0 aliphatic heterocycles. The molecule has 10 nitrogen and oxygen atoms in total. The van der Waals surface area contributed by atoms with E-state index in [1.54, 1.807) is 20.4 Å². The smallest absolute Gasteiger partial charge is 0.294 e. The molecule has 0 saturated carbocycles. The second kappa shape index (κ2) is 9.98. The van der Waals surface area contributed by atoms with Crippen molar-refractivity contribution in [3.05, 3.63) is 64.5 Å². The van der Waals surface area contributed by atoms with E-state index in [0.29, 0.717) is 41.6 Å². The van der Waals surface area contributed by atoms with Crippen LogP contribution in [0.25, 0.3) is 22.2 Å². The summed E-state index contributed by atoms with van der Waals surface area (Å²) in [5, 5.41) is 19.1. The third-order valence-corrected chi connectivity index (χ3v) is 5.89. The highest BCUT2D eigenvalue weighted by Gasteiger charge is 2.25. The van der Waals surface area contributed by atoms with Crippen LogP contribution in [0, 0.1) is 10.1 Å². The van der Waals surface area contributed by atoms with E-state index in [2.05, 4.69) is 32.3 Å². The van der Waals surface area contributed by atoms with Gasteiger partial charge in [-0.2, -0.15) is 0 Å². The van der Waals surface area contributed by atoms with E-state index < -0.39 is 4.92 Å². The summed E-state index contributed by atoms with van der Waals surface area (Å²) in [6.45, 7) is 0.693. The summed E-state index contributed by atoms with van der Waals surface area (Å²) in [5.74, 6) is 0.833. The van der Waals surface area contributed by atoms with E-state index in [0.717, 1.165) is 22.2 Å². The van der Waals surface area contributed by atoms with Crippen molar-refractivity contribution in [1.29, 1.82) is 0 Å². The zero-order chi connectivity index (χ0) is 25.1. The maximum absolute atomic E-state index is 11.9. The topological polar surface area (TPSA) is 110 Å². The Bertz CT molecular complexity index is 1380. The van der Waals surface area contributed by atoms with Gasteiger partial charge in [-0.25, -0.2) is 9.97 Å². The molecule has 2 N–H and O–H groups in total. The van der Waals surface area contributed by atoms with Gasteiger partial charge in [0.15, 0.2) is 0 Å². The van der Waals surface area contributed by atoms with Crippen LogP contribution in [0.2, 0.25) is 0 Å². The van der Waals surface area contributed by atoms with Crippen molar-refractivity contribution < 1.29 is 9.66 Å². The molecular weight excluding hydrogens is 446 g/mol. The molecule has 4 rings (SSSR count). The molecule has 2 aromatic carbocycles. The van der Waals surface area contributed by atoms with Crippen molar-refractivity contribution >= 4 is 33.9 Å². The standard InChI is InChI=1S/C25H29N7O3/c1-26-23-17(11-13-30(2)3)24(35-5)20(14-22(23)32(33)34)29-25-27-12-10-19(28-25)18-15-31(4)21-9-7-6-8-16(18)21/h6-10,12,14-15,26H,11,13H2,1-5H3,(H,27,28,29). The monoisotopic (exact) mass is 475 g/mol. The van der Waals surface area contributed by atoms with Crippen LogP contribution < -0.4 is 15.4 Å². The van der Waals surface area contributed by atoms with Crippen molar-refractivity contribution in [2.75, 3.05) is 45.4 Å². The first kappa shape index (κ1) is 24.0. The van der Waals surface area contributed by atoms with Gasteiger partial charge in [0.05, 0.1) is 23.4 Å². The SMILES string of the molecule is CNc1c([N+](=O)[O-])cc(Nc2nccc(-c3cn(C)c4ccccc34)n2)c(OC)c1CCN(C)C. The molecule has 2 heterocycles. The van der Waals surface area contributed by atoms with Crippen LogP contribution in [0.15, 0.2) is 48.8 Å². The fourth-order valence-corrected chi connectivity index (χ4v) is 4.26. The number of likely N-dealkylation sites (N-methyl/N-ethyl adjacent to an activating group) is 1. The molecule has 0 fully saturated rings. The van der Waals surface area contributed by atoms with E-state index in [9.17, 15) is 10.1 Å². The van der Waals surface area contributed by atoms with Crippen LogP contribution in [-0.2, 0) is 13.5 Å². The van der Waals surface area contributed by atoms with Crippen molar-refractivity contribution in [3.63, 3.8) is 0 Å². The third kappa shape index (κ3) is 4.73. The molecule has 0 bridgehead atoms. The molecular formula is C25H29N7O3. The highest BCUT2D eigenvalue weighted by atomic mass is 16.6. The van der Waals surface area contributed by atoms with Crippen LogP contribution in [-0.4, -0.2) is 59.2 Å². The van der Waals surface area contributed by atoms with E-state index >= 15 is 0 Å². The lowest BCUT2D eigenvalue weighted by atomic mass is 10.0. The van der Waals surface area contributed by atoms with E-state index in [1.165, 1.54) is 6.07 Å². The fraction of sp³-hybridized carbons (Fsp3) is 0.280. The lowest BCUT2D eigenvalue weighted by Gasteiger charge is -2.19. The van der Waals surface area contributed by atoms with Gasteiger partial charge >= 0.3 is 0 Å². The Morgan fingerprint density at radius 3 is 2.69 bits per heavy atom. The molecule has 0 spiro atoms. The molecule has 0 aliphatic carbocycles. The number of aryl methyl sites for hydroxylation is 1. The Labute approximate surface area is 203 Å². The number of fused-ring (bicyclic) bond motifs is 1. The molecule has 0 radical (unpaired) electrons. The number of aromatic nitrogens is 3. The Balaban J connectivity index is 1.79. The molecule has 2 aromatic heterocycles. The second-order valence-corrected chi connectivity index (χ2v) is 8.45. The number of nitro groups is 1.